The largest absolute Gasteiger partial charge is 0.373 e. The zero-order valence-corrected chi connectivity index (χ0v) is 15.6. The highest BCUT2D eigenvalue weighted by Crippen LogP contribution is 2.31. The van der Waals surface area contributed by atoms with Crippen LogP contribution < -0.4 is 5.32 Å². The molecule has 7 heteroatoms. The molecule has 4 nitrogen and oxygen atoms in total. The summed E-state index contributed by atoms with van der Waals surface area (Å²) in [7, 11) is 0. The summed E-state index contributed by atoms with van der Waals surface area (Å²) in [6.07, 6.45) is 0.396. The first-order valence-corrected chi connectivity index (χ1v) is 8.90. The number of carbonyl (C=O) groups excluding carboxylic acids is 1. The van der Waals surface area contributed by atoms with E-state index in [1.54, 1.807) is 6.07 Å². The van der Waals surface area contributed by atoms with Gasteiger partial charge in [0.15, 0.2) is 0 Å². The number of halogens is 2. The summed E-state index contributed by atoms with van der Waals surface area (Å²) in [5, 5.41) is 2.96. The highest BCUT2D eigenvalue weighted by molar-refractivity contribution is 7.20. The van der Waals surface area contributed by atoms with Gasteiger partial charge in [-0.2, -0.15) is 0 Å². The molecular weight excluding hydrogens is 343 g/mol. The van der Waals surface area contributed by atoms with Gasteiger partial charge >= 0.3 is 0 Å². The Balaban J connectivity index is 1.97. The van der Waals surface area contributed by atoms with Gasteiger partial charge in [-0.15, -0.1) is 11.3 Å². The molecule has 0 radical (unpaired) electrons. The van der Waals surface area contributed by atoms with E-state index in [2.05, 4.69) is 37.9 Å². The maximum Gasteiger partial charge on any atom is 0.253 e. The van der Waals surface area contributed by atoms with E-state index in [9.17, 15) is 4.79 Å². The quantitative estimate of drug-likeness (QED) is 0.885. The highest BCUT2D eigenvalue weighted by Gasteiger charge is 2.33. The Morgan fingerprint density at radius 3 is 2.50 bits per heavy atom. The average molecular weight is 365 g/mol. The number of amides is 1. The molecule has 1 aliphatic rings. The molecule has 124 valence electrons. The van der Waals surface area contributed by atoms with E-state index in [0.29, 0.717) is 20.8 Å². The monoisotopic (exact) mass is 364 g/mol. The van der Waals surface area contributed by atoms with Crippen molar-refractivity contribution < 1.29 is 9.53 Å². The molecule has 1 amide bonds. The number of nitrogens with zero attached hydrogens (tertiary/aromatic N) is 1. The summed E-state index contributed by atoms with van der Waals surface area (Å²) in [6.45, 7) is 10.7. The van der Waals surface area contributed by atoms with Crippen molar-refractivity contribution >= 4 is 40.4 Å². The molecule has 2 heterocycles. The second kappa shape index (κ2) is 7.05. The van der Waals surface area contributed by atoms with Crippen LogP contribution in [0.4, 0.5) is 0 Å². The number of hydrogen-bond acceptors (Lipinski definition) is 4. The summed E-state index contributed by atoms with van der Waals surface area (Å²) < 4.78 is 6.71. The molecule has 1 N–H and O–H groups in total. The number of hydrogen-bond donors (Lipinski definition) is 1. The Morgan fingerprint density at radius 1 is 1.41 bits per heavy atom. The second-order valence-electron chi connectivity index (χ2n) is 6.40. The summed E-state index contributed by atoms with van der Waals surface area (Å²) >= 11 is 13.1. The molecule has 0 unspecified atom stereocenters. The predicted molar refractivity (Wildman–Crippen MR) is 92.3 cm³/mol. The van der Waals surface area contributed by atoms with E-state index in [0.717, 1.165) is 13.1 Å². The van der Waals surface area contributed by atoms with Crippen LogP contribution in [0.15, 0.2) is 6.07 Å². The van der Waals surface area contributed by atoms with Gasteiger partial charge in [0.2, 0.25) is 0 Å². The molecule has 1 saturated heterocycles. The van der Waals surface area contributed by atoms with E-state index in [-0.39, 0.29) is 23.7 Å². The van der Waals surface area contributed by atoms with Crippen LogP contribution in [-0.4, -0.2) is 48.2 Å². The van der Waals surface area contributed by atoms with Crippen molar-refractivity contribution in [3.8, 4) is 0 Å². The van der Waals surface area contributed by atoms with Gasteiger partial charge in [-0.1, -0.05) is 23.2 Å². The fourth-order valence-electron chi connectivity index (χ4n) is 2.67. The fourth-order valence-corrected chi connectivity index (χ4v) is 4.13. The highest BCUT2D eigenvalue weighted by atomic mass is 35.5. The zero-order chi connectivity index (χ0) is 16.5. The van der Waals surface area contributed by atoms with Gasteiger partial charge in [0, 0.05) is 25.2 Å². The van der Waals surface area contributed by atoms with Crippen molar-refractivity contribution in [2.24, 2.45) is 0 Å². The lowest BCUT2D eigenvalue weighted by Crippen LogP contribution is -2.58. The van der Waals surface area contributed by atoms with E-state index in [1.165, 1.54) is 11.3 Å². The molecule has 1 aromatic rings. The lowest BCUT2D eigenvalue weighted by Gasteiger charge is -2.45. The Kier molecular flexibility index (Phi) is 5.78. The van der Waals surface area contributed by atoms with Crippen LogP contribution in [-0.2, 0) is 4.74 Å². The number of rotatable bonds is 4. The number of ether oxygens (including phenoxy) is 1. The molecule has 2 rings (SSSR count). The van der Waals surface area contributed by atoms with Gasteiger partial charge in [-0.3, -0.25) is 9.69 Å². The third-order valence-electron chi connectivity index (χ3n) is 3.86. The summed E-state index contributed by atoms with van der Waals surface area (Å²) in [5.41, 5.74) is 0.282. The Bertz CT molecular complexity index is 538. The topological polar surface area (TPSA) is 41.6 Å². The van der Waals surface area contributed by atoms with Crippen molar-refractivity contribution in [2.75, 3.05) is 19.6 Å². The van der Waals surface area contributed by atoms with Crippen LogP contribution in [0.2, 0.25) is 8.67 Å². The van der Waals surface area contributed by atoms with Crippen molar-refractivity contribution in [2.45, 2.75) is 45.4 Å². The molecule has 1 aliphatic heterocycles. The third-order valence-corrected chi connectivity index (χ3v) is 5.35. The maximum atomic E-state index is 12.2. The first-order valence-electron chi connectivity index (χ1n) is 7.32. The Morgan fingerprint density at radius 2 is 2.00 bits per heavy atom. The smallest absolute Gasteiger partial charge is 0.253 e. The third kappa shape index (κ3) is 4.36. The molecule has 22 heavy (non-hydrogen) atoms. The van der Waals surface area contributed by atoms with Crippen LogP contribution in [0.3, 0.4) is 0 Å². The number of morpholine rings is 1. The van der Waals surface area contributed by atoms with Gasteiger partial charge in [0.05, 0.1) is 22.1 Å². The number of nitrogens with one attached hydrogen (secondary N) is 1. The van der Waals surface area contributed by atoms with E-state index >= 15 is 0 Å². The Hall–Kier alpha value is -0.330. The predicted octanol–water partition coefficient (Wildman–Crippen LogP) is 3.67. The summed E-state index contributed by atoms with van der Waals surface area (Å²) in [6, 6.07) is 1.61. The van der Waals surface area contributed by atoms with Crippen molar-refractivity contribution in [1.82, 2.24) is 10.2 Å². The van der Waals surface area contributed by atoms with Crippen LogP contribution in [0.25, 0.3) is 0 Å². The van der Waals surface area contributed by atoms with E-state index in [1.807, 2.05) is 0 Å². The minimum Gasteiger partial charge on any atom is -0.373 e. The summed E-state index contributed by atoms with van der Waals surface area (Å²) in [4.78, 5) is 14.6. The van der Waals surface area contributed by atoms with Gasteiger partial charge in [-0.25, -0.2) is 0 Å². The number of carbonyl (C=O) groups is 1. The molecular formula is C15H22Cl2N2O2S. The van der Waals surface area contributed by atoms with Crippen LogP contribution in [0.1, 0.15) is 38.1 Å². The molecule has 1 fully saturated rings. The van der Waals surface area contributed by atoms with Crippen LogP contribution in [0.5, 0.6) is 0 Å². The lowest BCUT2D eigenvalue weighted by atomic mass is 10.00. The second-order valence-corrected chi connectivity index (χ2v) is 8.68. The van der Waals surface area contributed by atoms with Crippen LogP contribution >= 0.6 is 34.5 Å². The SMILES string of the molecule is C[C@H]1CN(C(C)(C)CNC(=O)c2cc(Cl)sc2Cl)C[C@H](C)O1. The fraction of sp³-hybridized carbons (Fsp3) is 0.667. The number of thiophene rings is 1. The molecule has 0 saturated carbocycles. The van der Waals surface area contributed by atoms with Crippen molar-refractivity contribution in [1.29, 1.82) is 0 Å². The molecule has 0 aromatic carbocycles. The van der Waals surface area contributed by atoms with Crippen molar-refractivity contribution in [3.63, 3.8) is 0 Å². The molecule has 0 aliphatic carbocycles. The first kappa shape index (κ1) is 18.0. The van der Waals surface area contributed by atoms with Gasteiger partial charge in [-0.05, 0) is 33.8 Å². The first-order chi connectivity index (χ1) is 10.2. The van der Waals surface area contributed by atoms with Crippen LogP contribution in [0, 0.1) is 0 Å². The average Bonchev–Trinajstić information content (AvgIpc) is 2.74. The molecule has 2 atom stereocenters. The maximum absolute atomic E-state index is 12.2. The normalized spacial score (nSPS) is 23.5. The van der Waals surface area contributed by atoms with Gasteiger partial charge < -0.3 is 10.1 Å². The van der Waals surface area contributed by atoms with E-state index < -0.39 is 0 Å². The zero-order valence-electron chi connectivity index (χ0n) is 13.3. The standard InChI is InChI=1S/C15H22Cl2N2O2S/c1-9-6-19(7-10(2)21-9)15(3,4)8-18-14(20)11-5-12(16)22-13(11)17/h5,9-10H,6-8H2,1-4H3,(H,18,20)/t9-,10-/m0/s1. The summed E-state index contributed by atoms with van der Waals surface area (Å²) in [5.74, 6) is -0.185. The minimum absolute atomic E-state index is 0.158. The van der Waals surface area contributed by atoms with Crippen molar-refractivity contribution in [3.05, 3.63) is 20.3 Å². The van der Waals surface area contributed by atoms with Gasteiger partial charge in [0.25, 0.3) is 5.91 Å². The molecule has 0 bridgehead atoms. The minimum atomic E-state index is -0.185. The molecule has 1 aromatic heterocycles. The van der Waals surface area contributed by atoms with E-state index in [4.69, 9.17) is 27.9 Å². The lowest BCUT2D eigenvalue weighted by molar-refractivity contribution is -0.0948. The Labute approximate surface area is 145 Å². The molecule has 0 spiro atoms. The van der Waals surface area contributed by atoms with Gasteiger partial charge in [0.1, 0.15) is 4.34 Å².